The number of nitrogen functional groups attached to an aromatic ring is 1. The second-order valence-electron chi connectivity index (χ2n) is 8.26. The Hall–Kier alpha value is -2.90. The number of piperidine rings is 1. The molecule has 1 aromatic rings. The smallest absolute Gasteiger partial charge is 0.303 e. The Morgan fingerprint density at radius 3 is 2.21 bits per heavy atom. The summed E-state index contributed by atoms with van der Waals surface area (Å²) < 4.78 is 0. The second kappa shape index (κ2) is 9.07. The molecule has 8 nitrogen and oxygen atoms in total. The predicted octanol–water partition coefficient (Wildman–Crippen LogP) is 1.83. The van der Waals surface area contributed by atoms with E-state index in [0.717, 1.165) is 0 Å². The number of carbonyl (C=O) groups excluding carboxylic acids is 2. The van der Waals surface area contributed by atoms with Crippen LogP contribution in [-0.2, 0) is 9.59 Å². The van der Waals surface area contributed by atoms with Gasteiger partial charge < -0.3 is 21.1 Å². The van der Waals surface area contributed by atoms with Gasteiger partial charge in [0.1, 0.15) is 5.84 Å². The highest BCUT2D eigenvalue weighted by Crippen LogP contribution is 2.25. The minimum Gasteiger partial charge on any atom is -0.481 e. The largest absolute Gasteiger partial charge is 0.481 e. The van der Waals surface area contributed by atoms with E-state index >= 15 is 0 Å². The van der Waals surface area contributed by atoms with E-state index in [1.165, 1.54) is 0 Å². The average molecular weight is 402 g/mol. The molecule has 1 saturated heterocycles. The van der Waals surface area contributed by atoms with Crippen LogP contribution in [-0.4, -0.2) is 52.3 Å². The summed E-state index contributed by atoms with van der Waals surface area (Å²) in [6.07, 6.45) is 1.50. The van der Waals surface area contributed by atoms with E-state index in [2.05, 4.69) is 5.32 Å². The molecule has 1 aromatic carbocycles. The molecule has 2 rings (SSSR count). The van der Waals surface area contributed by atoms with Gasteiger partial charge in [-0.25, -0.2) is 0 Å². The number of hydrogen-bond acceptors (Lipinski definition) is 4. The molecule has 2 amide bonds. The third-order valence-corrected chi connectivity index (χ3v) is 5.74. The van der Waals surface area contributed by atoms with Gasteiger partial charge in [0.25, 0.3) is 5.91 Å². The maximum Gasteiger partial charge on any atom is 0.303 e. The Labute approximate surface area is 171 Å². The molecule has 1 aliphatic rings. The number of rotatable bonds is 7. The van der Waals surface area contributed by atoms with E-state index in [4.69, 9.17) is 16.2 Å². The minimum absolute atomic E-state index is 0.0454. The quantitative estimate of drug-likeness (QED) is 0.407. The van der Waals surface area contributed by atoms with E-state index in [-0.39, 0.29) is 30.0 Å². The molecule has 1 atom stereocenters. The Morgan fingerprint density at radius 2 is 1.72 bits per heavy atom. The molecule has 1 fully saturated rings. The van der Waals surface area contributed by atoms with Gasteiger partial charge in [-0.2, -0.15) is 0 Å². The van der Waals surface area contributed by atoms with Crippen molar-refractivity contribution in [3.63, 3.8) is 0 Å². The maximum atomic E-state index is 12.9. The lowest BCUT2D eigenvalue weighted by molar-refractivity contribution is -0.140. The fourth-order valence-corrected chi connectivity index (χ4v) is 3.46. The Balaban J connectivity index is 1.97. The number of carboxylic acid groups (broad SMARTS) is 1. The van der Waals surface area contributed by atoms with Crippen molar-refractivity contribution in [3.05, 3.63) is 35.4 Å². The zero-order valence-electron chi connectivity index (χ0n) is 17.2. The van der Waals surface area contributed by atoms with Crippen molar-refractivity contribution < 1.29 is 19.5 Å². The molecule has 5 N–H and O–H groups in total. The van der Waals surface area contributed by atoms with Crippen molar-refractivity contribution in [2.75, 3.05) is 13.1 Å². The van der Waals surface area contributed by atoms with Crippen LogP contribution in [0.25, 0.3) is 0 Å². The third-order valence-electron chi connectivity index (χ3n) is 5.74. The van der Waals surface area contributed by atoms with Crippen LogP contribution in [0.5, 0.6) is 0 Å². The molecule has 0 aromatic heterocycles. The van der Waals surface area contributed by atoms with Crippen molar-refractivity contribution in [2.45, 2.75) is 45.6 Å². The normalized spacial score (nSPS) is 16.2. The van der Waals surface area contributed by atoms with E-state index in [9.17, 15) is 14.4 Å². The van der Waals surface area contributed by atoms with E-state index in [1.807, 2.05) is 13.8 Å². The van der Waals surface area contributed by atoms with Crippen LogP contribution < -0.4 is 11.1 Å². The zero-order chi connectivity index (χ0) is 21.8. The molecule has 0 radical (unpaired) electrons. The van der Waals surface area contributed by atoms with Crippen molar-refractivity contribution in [1.29, 1.82) is 5.41 Å². The van der Waals surface area contributed by atoms with Gasteiger partial charge in [0.15, 0.2) is 0 Å². The van der Waals surface area contributed by atoms with E-state index in [1.54, 1.807) is 36.1 Å². The lowest BCUT2D eigenvalue weighted by Crippen LogP contribution is -2.54. The van der Waals surface area contributed by atoms with Gasteiger partial charge >= 0.3 is 5.97 Å². The van der Waals surface area contributed by atoms with Crippen LogP contribution in [0.3, 0.4) is 0 Å². The number of likely N-dealkylation sites (tertiary alicyclic amines) is 1. The molecule has 0 bridgehead atoms. The van der Waals surface area contributed by atoms with Gasteiger partial charge in [-0.15, -0.1) is 0 Å². The fourth-order valence-electron chi connectivity index (χ4n) is 3.46. The monoisotopic (exact) mass is 402 g/mol. The maximum absolute atomic E-state index is 12.9. The SMILES string of the molecule is CC(C(=O)N1CCC(CC(=O)O)CC1)C(C)(C)NC(=O)c1ccc(C(=N)N)cc1. The molecular formula is C21H30N4O4. The number of nitrogens with two attached hydrogens (primary N) is 1. The van der Waals surface area contributed by atoms with Crippen molar-refractivity contribution in [3.8, 4) is 0 Å². The van der Waals surface area contributed by atoms with Crippen LogP contribution in [0.4, 0.5) is 0 Å². The summed E-state index contributed by atoms with van der Waals surface area (Å²) >= 11 is 0. The van der Waals surface area contributed by atoms with Gasteiger partial charge in [0.2, 0.25) is 5.91 Å². The first-order valence-corrected chi connectivity index (χ1v) is 9.79. The summed E-state index contributed by atoms with van der Waals surface area (Å²) in [5.74, 6) is -1.55. The summed E-state index contributed by atoms with van der Waals surface area (Å²) in [5.41, 5.74) is 5.62. The van der Waals surface area contributed by atoms with Gasteiger partial charge in [0.05, 0.1) is 5.92 Å². The number of hydrogen-bond donors (Lipinski definition) is 4. The molecule has 158 valence electrons. The number of nitrogens with one attached hydrogen (secondary N) is 2. The van der Waals surface area contributed by atoms with Gasteiger partial charge in [0, 0.05) is 36.2 Å². The zero-order valence-corrected chi connectivity index (χ0v) is 17.2. The molecule has 8 heteroatoms. The molecule has 29 heavy (non-hydrogen) atoms. The van der Waals surface area contributed by atoms with Gasteiger partial charge in [-0.1, -0.05) is 19.1 Å². The highest BCUT2D eigenvalue weighted by atomic mass is 16.4. The third kappa shape index (κ3) is 5.79. The number of amidine groups is 1. The molecule has 0 saturated carbocycles. The first-order valence-electron chi connectivity index (χ1n) is 9.79. The Bertz CT molecular complexity index is 780. The number of aliphatic carboxylic acids is 1. The summed E-state index contributed by atoms with van der Waals surface area (Å²) in [5, 5.41) is 19.3. The van der Waals surface area contributed by atoms with Crippen LogP contribution >= 0.6 is 0 Å². The number of amides is 2. The van der Waals surface area contributed by atoms with E-state index in [0.29, 0.717) is 37.1 Å². The number of carboxylic acids is 1. The first-order chi connectivity index (χ1) is 13.5. The Kier molecular flexibility index (Phi) is 7.00. The minimum atomic E-state index is -0.802. The van der Waals surface area contributed by atoms with Crippen molar-refractivity contribution >= 4 is 23.6 Å². The van der Waals surface area contributed by atoms with Crippen LogP contribution in [0.1, 0.15) is 56.0 Å². The molecular weight excluding hydrogens is 372 g/mol. The molecule has 1 aliphatic heterocycles. The summed E-state index contributed by atoms with van der Waals surface area (Å²) in [6.45, 7) is 6.50. The summed E-state index contributed by atoms with van der Waals surface area (Å²) in [4.78, 5) is 38.2. The van der Waals surface area contributed by atoms with Crippen LogP contribution in [0.15, 0.2) is 24.3 Å². The molecule has 1 heterocycles. The summed E-state index contributed by atoms with van der Waals surface area (Å²) in [6, 6.07) is 6.42. The lowest BCUT2D eigenvalue weighted by atomic mass is 9.86. The topological polar surface area (TPSA) is 137 Å². The van der Waals surface area contributed by atoms with Gasteiger partial charge in [-0.05, 0) is 44.7 Å². The lowest BCUT2D eigenvalue weighted by Gasteiger charge is -2.38. The van der Waals surface area contributed by atoms with Crippen LogP contribution in [0.2, 0.25) is 0 Å². The highest BCUT2D eigenvalue weighted by molar-refractivity contribution is 5.98. The number of nitrogens with zero attached hydrogens (tertiary/aromatic N) is 1. The molecule has 0 aliphatic carbocycles. The first kappa shape index (κ1) is 22.4. The van der Waals surface area contributed by atoms with Gasteiger partial charge in [-0.3, -0.25) is 19.8 Å². The summed E-state index contributed by atoms with van der Waals surface area (Å²) in [7, 11) is 0. The Morgan fingerprint density at radius 1 is 1.21 bits per heavy atom. The fraction of sp³-hybridized carbons (Fsp3) is 0.524. The average Bonchev–Trinajstić information content (AvgIpc) is 2.66. The number of benzene rings is 1. The standard InChI is InChI=1S/C21H30N4O4/c1-13(20(29)25-10-8-14(9-11-25)12-17(26)27)21(2,3)24-19(28)16-6-4-15(5-7-16)18(22)23/h4-7,13-14H,8-12H2,1-3H3,(H3,22,23)(H,24,28)(H,26,27). The van der Waals surface area contributed by atoms with E-state index < -0.39 is 17.4 Å². The highest BCUT2D eigenvalue weighted by Gasteiger charge is 2.36. The van der Waals surface area contributed by atoms with Crippen molar-refractivity contribution in [1.82, 2.24) is 10.2 Å². The number of carbonyl (C=O) groups is 3. The predicted molar refractivity (Wildman–Crippen MR) is 110 cm³/mol. The molecule has 1 unspecified atom stereocenters. The van der Waals surface area contributed by atoms with Crippen LogP contribution in [0, 0.1) is 17.2 Å². The second-order valence-corrected chi connectivity index (χ2v) is 8.26. The van der Waals surface area contributed by atoms with Crippen molar-refractivity contribution in [2.24, 2.45) is 17.6 Å². The molecule has 0 spiro atoms.